The van der Waals surface area contributed by atoms with Crippen molar-refractivity contribution in [1.82, 2.24) is 14.7 Å². The Kier molecular flexibility index (Phi) is 4.20. The monoisotopic (exact) mass is 361 g/mol. The summed E-state index contributed by atoms with van der Waals surface area (Å²) in [6.07, 6.45) is 7.27. The molecule has 2 heterocycles. The van der Waals surface area contributed by atoms with E-state index in [2.05, 4.69) is 49.5 Å². The highest BCUT2D eigenvalue weighted by Gasteiger charge is 2.27. The fourth-order valence-corrected chi connectivity index (χ4v) is 3.56. The van der Waals surface area contributed by atoms with Crippen LogP contribution in [0.4, 0.5) is 0 Å². The lowest BCUT2D eigenvalue weighted by atomic mass is 9.90. The topological polar surface area (TPSA) is 30.3 Å². The third-order valence-electron chi connectivity index (χ3n) is 4.18. The zero-order valence-electron chi connectivity index (χ0n) is 10.6. The normalized spacial score (nSPS) is 30.5. The van der Waals surface area contributed by atoms with Crippen LogP contribution in [-0.2, 0) is 4.74 Å². The average molecular weight is 361 g/mol. The number of hydrogen-bond donors (Lipinski definition) is 0. The SMILES string of the molecule is Ic1ccn(C2CCC(N3CCOCC3)CC2)n1. The first-order valence-electron chi connectivity index (χ1n) is 6.85. The summed E-state index contributed by atoms with van der Waals surface area (Å²) in [4.78, 5) is 2.62. The second-order valence-corrected chi connectivity index (χ2v) is 6.33. The van der Waals surface area contributed by atoms with Crippen molar-refractivity contribution in [2.75, 3.05) is 26.3 Å². The van der Waals surface area contributed by atoms with Gasteiger partial charge in [-0.2, -0.15) is 5.10 Å². The number of rotatable bonds is 2. The molecule has 1 aliphatic carbocycles. The number of nitrogens with zero attached hydrogens (tertiary/aromatic N) is 3. The summed E-state index contributed by atoms with van der Waals surface area (Å²) >= 11 is 2.28. The molecular weight excluding hydrogens is 341 g/mol. The second-order valence-electron chi connectivity index (χ2n) is 5.23. The zero-order chi connectivity index (χ0) is 12.4. The lowest BCUT2D eigenvalue weighted by Gasteiger charge is -2.38. The molecule has 0 radical (unpaired) electrons. The van der Waals surface area contributed by atoms with Crippen LogP contribution in [0.2, 0.25) is 0 Å². The van der Waals surface area contributed by atoms with Crippen molar-refractivity contribution >= 4 is 22.6 Å². The molecule has 4 nitrogen and oxygen atoms in total. The fourth-order valence-electron chi connectivity index (χ4n) is 3.15. The Bertz CT molecular complexity index is 381. The molecule has 0 amide bonds. The molecule has 1 aliphatic heterocycles. The third kappa shape index (κ3) is 2.88. The van der Waals surface area contributed by atoms with E-state index in [1.165, 1.54) is 25.7 Å². The van der Waals surface area contributed by atoms with E-state index < -0.39 is 0 Å². The van der Waals surface area contributed by atoms with Crippen LogP contribution >= 0.6 is 22.6 Å². The van der Waals surface area contributed by atoms with Crippen LogP contribution < -0.4 is 0 Å². The minimum absolute atomic E-state index is 0.616. The Morgan fingerprint density at radius 3 is 2.39 bits per heavy atom. The van der Waals surface area contributed by atoms with Crippen molar-refractivity contribution in [2.45, 2.75) is 37.8 Å². The molecule has 100 valence electrons. The molecule has 0 unspecified atom stereocenters. The van der Waals surface area contributed by atoms with Gasteiger partial charge in [-0.15, -0.1) is 0 Å². The Morgan fingerprint density at radius 1 is 1.11 bits per heavy atom. The maximum atomic E-state index is 5.43. The van der Waals surface area contributed by atoms with Crippen molar-refractivity contribution in [3.05, 3.63) is 16.0 Å². The Labute approximate surface area is 122 Å². The third-order valence-corrected chi connectivity index (χ3v) is 4.75. The first-order valence-corrected chi connectivity index (χ1v) is 7.93. The lowest BCUT2D eigenvalue weighted by Crippen LogP contribution is -2.45. The largest absolute Gasteiger partial charge is 0.379 e. The molecule has 1 aromatic rings. The molecule has 5 heteroatoms. The van der Waals surface area contributed by atoms with Gasteiger partial charge in [0, 0.05) is 25.3 Å². The van der Waals surface area contributed by atoms with Crippen LogP contribution in [0, 0.1) is 3.70 Å². The maximum absolute atomic E-state index is 5.43. The Hall–Kier alpha value is -0.140. The van der Waals surface area contributed by atoms with Crippen molar-refractivity contribution in [3.8, 4) is 0 Å². The number of halogens is 1. The summed E-state index contributed by atoms with van der Waals surface area (Å²) in [7, 11) is 0. The average Bonchev–Trinajstić information content (AvgIpc) is 2.87. The summed E-state index contributed by atoms with van der Waals surface area (Å²) in [5, 5.41) is 4.54. The van der Waals surface area contributed by atoms with Gasteiger partial charge in [0.05, 0.1) is 19.3 Å². The minimum atomic E-state index is 0.616. The van der Waals surface area contributed by atoms with E-state index in [9.17, 15) is 0 Å². The van der Waals surface area contributed by atoms with E-state index in [1.807, 2.05) is 0 Å². The van der Waals surface area contributed by atoms with Gasteiger partial charge in [-0.25, -0.2) is 0 Å². The number of hydrogen-bond acceptors (Lipinski definition) is 3. The highest BCUT2D eigenvalue weighted by molar-refractivity contribution is 14.1. The first-order chi connectivity index (χ1) is 8.83. The summed E-state index contributed by atoms with van der Waals surface area (Å²) in [5.74, 6) is 0. The van der Waals surface area contributed by atoms with Crippen molar-refractivity contribution < 1.29 is 4.74 Å². The lowest BCUT2D eigenvalue weighted by molar-refractivity contribution is 0.00505. The number of morpholine rings is 1. The zero-order valence-corrected chi connectivity index (χ0v) is 12.8. The Morgan fingerprint density at radius 2 is 1.78 bits per heavy atom. The molecule has 2 aliphatic rings. The van der Waals surface area contributed by atoms with E-state index in [-0.39, 0.29) is 0 Å². The highest BCUT2D eigenvalue weighted by Crippen LogP contribution is 2.31. The molecule has 0 bridgehead atoms. The van der Waals surface area contributed by atoms with Crippen LogP contribution in [0.3, 0.4) is 0 Å². The van der Waals surface area contributed by atoms with Crippen LogP contribution in [0.15, 0.2) is 12.3 Å². The highest BCUT2D eigenvalue weighted by atomic mass is 127. The summed E-state index contributed by atoms with van der Waals surface area (Å²) in [5.41, 5.74) is 0. The molecule has 0 atom stereocenters. The molecule has 1 saturated carbocycles. The molecular formula is C13H20IN3O. The van der Waals surface area contributed by atoms with Crippen molar-refractivity contribution in [3.63, 3.8) is 0 Å². The van der Waals surface area contributed by atoms with E-state index >= 15 is 0 Å². The minimum Gasteiger partial charge on any atom is -0.379 e. The molecule has 18 heavy (non-hydrogen) atoms. The van der Waals surface area contributed by atoms with E-state index in [1.54, 1.807) is 0 Å². The summed E-state index contributed by atoms with van der Waals surface area (Å²) < 4.78 is 8.69. The smallest absolute Gasteiger partial charge is 0.123 e. The standard InChI is InChI=1S/C13H20IN3O/c14-13-5-6-17(15-13)12-3-1-11(2-4-12)16-7-9-18-10-8-16/h5-6,11-12H,1-4,7-10H2. The number of aromatic nitrogens is 2. The van der Waals surface area contributed by atoms with Crippen molar-refractivity contribution in [2.24, 2.45) is 0 Å². The van der Waals surface area contributed by atoms with Gasteiger partial charge in [0.25, 0.3) is 0 Å². The van der Waals surface area contributed by atoms with Gasteiger partial charge in [0.1, 0.15) is 3.70 Å². The van der Waals surface area contributed by atoms with E-state index in [4.69, 9.17) is 4.74 Å². The van der Waals surface area contributed by atoms with Crippen LogP contribution in [0.5, 0.6) is 0 Å². The van der Waals surface area contributed by atoms with Crippen LogP contribution in [0.1, 0.15) is 31.7 Å². The maximum Gasteiger partial charge on any atom is 0.123 e. The van der Waals surface area contributed by atoms with Crippen LogP contribution in [0.25, 0.3) is 0 Å². The second kappa shape index (κ2) is 5.88. The summed E-state index contributed by atoms with van der Waals surface area (Å²) in [6, 6.07) is 3.49. The Balaban J connectivity index is 1.54. The van der Waals surface area contributed by atoms with Gasteiger partial charge < -0.3 is 4.74 Å². The predicted molar refractivity (Wildman–Crippen MR) is 78.6 cm³/mol. The molecule has 1 aromatic heterocycles. The summed E-state index contributed by atoms with van der Waals surface area (Å²) in [6.45, 7) is 4.07. The molecule has 0 N–H and O–H groups in total. The van der Waals surface area contributed by atoms with Gasteiger partial charge >= 0.3 is 0 Å². The van der Waals surface area contributed by atoms with Gasteiger partial charge in [0.15, 0.2) is 0 Å². The quantitative estimate of drug-likeness (QED) is 0.758. The molecule has 0 spiro atoms. The number of ether oxygens (including phenoxy) is 1. The van der Waals surface area contributed by atoms with Gasteiger partial charge in [0.2, 0.25) is 0 Å². The fraction of sp³-hybridized carbons (Fsp3) is 0.769. The molecule has 3 rings (SSSR count). The van der Waals surface area contributed by atoms with Gasteiger partial charge in [-0.05, 0) is 54.3 Å². The molecule has 0 aromatic carbocycles. The first kappa shape index (κ1) is 12.9. The van der Waals surface area contributed by atoms with E-state index in [0.29, 0.717) is 6.04 Å². The van der Waals surface area contributed by atoms with E-state index in [0.717, 1.165) is 36.0 Å². The van der Waals surface area contributed by atoms with Crippen LogP contribution in [-0.4, -0.2) is 47.0 Å². The van der Waals surface area contributed by atoms with Crippen molar-refractivity contribution in [1.29, 1.82) is 0 Å². The molecule has 1 saturated heterocycles. The molecule has 2 fully saturated rings. The van der Waals surface area contributed by atoms with Gasteiger partial charge in [-0.1, -0.05) is 0 Å². The predicted octanol–water partition coefficient (Wildman–Crippen LogP) is 2.30. The van der Waals surface area contributed by atoms with Gasteiger partial charge in [-0.3, -0.25) is 9.58 Å².